The molecule has 152 valence electrons. The zero-order chi connectivity index (χ0) is 20.2. The molecule has 1 fully saturated rings. The molecule has 29 heavy (non-hydrogen) atoms. The van der Waals surface area contributed by atoms with Crippen LogP contribution < -0.4 is 10.2 Å². The molecule has 0 aromatic heterocycles. The van der Waals surface area contributed by atoms with Gasteiger partial charge in [0.25, 0.3) is 5.91 Å². The second kappa shape index (κ2) is 8.81. The summed E-state index contributed by atoms with van der Waals surface area (Å²) in [4.78, 5) is 27.2. The van der Waals surface area contributed by atoms with Gasteiger partial charge in [-0.15, -0.1) is 0 Å². The number of hydrogen-bond acceptors (Lipinski definition) is 2. The van der Waals surface area contributed by atoms with Crippen molar-refractivity contribution >= 4 is 17.5 Å². The first-order chi connectivity index (χ1) is 14.1. The highest BCUT2D eigenvalue weighted by Crippen LogP contribution is 2.34. The third-order valence-corrected chi connectivity index (χ3v) is 6.35. The van der Waals surface area contributed by atoms with Crippen LogP contribution in [0.2, 0.25) is 0 Å². The smallest absolute Gasteiger partial charge is 0.258 e. The Morgan fingerprint density at radius 1 is 1.07 bits per heavy atom. The Hall–Kier alpha value is -2.62. The van der Waals surface area contributed by atoms with Gasteiger partial charge in [0.05, 0.1) is 0 Å². The largest absolute Gasteiger partial charge is 0.352 e. The van der Waals surface area contributed by atoms with Crippen LogP contribution >= 0.6 is 0 Å². The third kappa shape index (κ3) is 4.52. The van der Waals surface area contributed by atoms with E-state index in [1.165, 1.54) is 31.2 Å². The Bertz CT molecular complexity index is 872. The van der Waals surface area contributed by atoms with Crippen molar-refractivity contribution in [3.63, 3.8) is 0 Å². The fourth-order valence-electron chi connectivity index (χ4n) is 4.72. The van der Waals surface area contributed by atoms with Gasteiger partial charge in [-0.2, -0.15) is 0 Å². The lowest BCUT2D eigenvalue weighted by Crippen LogP contribution is -2.35. The van der Waals surface area contributed by atoms with E-state index < -0.39 is 0 Å². The van der Waals surface area contributed by atoms with Crippen LogP contribution in [0.15, 0.2) is 48.5 Å². The molecule has 1 heterocycles. The maximum atomic E-state index is 13.1. The molecule has 2 aromatic rings. The van der Waals surface area contributed by atoms with Crippen LogP contribution in [0.5, 0.6) is 0 Å². The minimum atomic E-state index is 0.0367. The molecular formula is C25H30N2O2. The number of benzene rings is 2. The zero-order valence-corrected chi connectivity index (χ0v) is 17.2. The number of nitrogens with zero attached hydrogens (tertiary/aromatic N) is 1. The van der Waals surface area contributed by atoms with Crippen molar-refractivity contribution < 1.29 is 9.59 Å². The van der Waals surface area contributed by atoms with Gasteiger partial charge < -0.3 is 10.2 Å². The summed E-state index contributed by atoms with van der Waals surface area (Å²) in [5.74, 6) is 0.900. The van der Waals surface area contributed by atoms with E-state index in [-0.39, 0.29) is 17.9 Å². The topological polar surface area (TPSA) is 49.4 Å². The molecule has 4 heteroatoms. The van der Waals surface area contributed by atoms with Gasteiger partial charge in [0.1, 0.15) is 0 Å². The van der Waals surface area contributed by atoms with Gasteiger partial charge >= 0.3 is 0 Å². The van der Waals surface area contributed by atoms with E-state index in [0.29, 0.717) is 18.5 Å². The molecule has 1 unspecified atom stereocenters. The summed E-state index contributed by atoms with van der Waals surface area (Å²) in [5, 5.41) is 3.06. The quantitative estimate of drug-likeness (QED) is 0.765. The van der Waals surface area contributed by atoms with E-state index in [4.69, 9.17) is 0 Å². The van der Waals surface area contributed by atoms with Crippen molar-refractivity contribution in [3.05, 3.63) is 65.2 Å². The lowest BCUT2D eigenvalue weighted by molar-refractivity contribution is -0.121. The first kappa shape index (κ1) is 19.7. The highest BCUT2D eigenvalue weighted by atomic mass is 16.2. The predicted molar refractivity (Wildman–Crippen MR) is 116 cm³/mol. The van der Waals surface area contributed by atoms with Crippen LogP contribution in [0.25, 0.3) is 0 Å². The average molecular weight is 391 g/mol. The molecule has 0 spiro atoms. The van der Waals surface area contributed by atoms with Crippen LogP contribution in [0.4, 0.5) is 5.69 Å². The molecule has 1 aliphatic carbocycles. The van der Waals surface area contributed by atoms with E-state index in [1.807, 2.05) is 35.2 Å². The molecule has 1 N–H and O–H groups in total. The highest BCUT2D eigenvalue weighted by Gasteiger charge is 2.31. The number of rotatable bonds is 6. The Morgan fingerprint density at radius 3 is 2.59 bits per heavy atom. The zero-order valence-electron chi connectivity index (χ0n) is 17.2. The summed E-state index contributed by atoms with van der Waals surface area (Å²) in [6.07, 6.45) is 7.68. The van der Waals surface area contributed by atoms with E-state index in [9.17, 15) is 9.59 Å². The monoisotopic (exact) mass is 390 g/mol. The molecule has 2 amide bonds. The maximum absolute atomic E-state index is 13.1. The number of carbonyl (C=O) groups is 2. The molecule has 1 atom stereocenters. The second-order valence-electron chi connectivity index (χ2n) is 8.52. The fourth-order valence-corrected chi connectivity index (χ4v) is 4.72. The minimum absolute atomic E-state index is 0.0367. The number of nitrogens with one attached hydrogen (secondary N) is 1. The van der Waals surface area contributed by atoms with Gasteiger partial charge in [0.15, 0.2) is 0 Å². The molecule has 4 nitrogen and oxygen atoms in total. The van der Waals surface area contributed by atoms with Gasteiger partial charge in [-0.3, -0.25) is 9.59 Å². The lowest BCUT2D eigenvalue weighted by atomic mass is 10.0. The number of anilines is 1. The predicted octanol–water partition coefficient (Wildman–Crippen LogP) is 4.86. The molecule has 1 saturated carbocycles. The summed E-state index contributed by atoms with van der Waals surface area (Å²) in [7, 11) is 0. The van der Waals surface area contributed by atoms with Crippen LogP contribution in [-0.2, 0) is 17.8 Å². The molecule has 0 saturated heterocycles. The molecule has 2 aliphatic rings. The standard InChI is InChI=1S/C25H30N2O2/c1-18-15-22-13-11-20(17-26-24(28)14-12-19-7-5-6-8-19)16-23(22)27(18)25(29)21-9-3-2-4-10-21/h2-4,9-11,13,16,18-19H,5-8,12,14-15,17H2,1H3,(H,26,28). The van der Waals surface area contributed by atoms with Gasteiger partial charge in [-0.1, -0.05) is 56.0 Å². The molecule has 0 radical (unpaired) electrons. The fraction of sp³-hybridized carbons (Fsp3) is 0.440. The van der Waals surface area contributed by atoms with Crippen molar-refractivity contribution in [2.24, 2.45) is 5.92 Å². The summed E-state index contributed by atoms with van der Waals surface area (Å²) < 4.78 is 0. The SMILES string of the molecule is CC1Cc2ccc(CNC(=O)CCC3CCCC3)cc2N1C(=O)c1ccccc1. The summed E-state index contributed by atoms with van der Waals surface area (Å²) in [6.45, 7) is 2.60. The average Bonchev–Trinajstić information content (AvgIpc) is 3.37. The molecule has 0 bridgehead atoms. The van der Waals surface area contributed by atoms with Crippen molar-refractivity contribution in [1.29, 1.82) is 0 Å². The Morgan fingerprint density at radius 2 is 1.83 bits per heavy atom. The van der Waals surface area contributed by atoms with Gasteiger partial charge in [0, 0.05) is 30.3 Å². The van der Waals surface area contributed by atoms with Crippen molar-refractivity contribution in [2.75, 3.05) is 4.90 Å². The Kier molecular flexibility index (Phi) is 5.98. The van der Waals surface area contributed by atoms with E-state index in [0.717, 1.165) is 30.0 Å². The normalized spacial score (nSPS) is 18.7. The lowest BCUT2D eigenvalue weighted by Gasteiger charge is -2.23. The van der Waals surface area contributed by atoms with Crippen LogP contribution in [0.3, 0.4) is 0 Å². The van der Waals surface area contributed by atoms with E-state index in [1.54, 1.807) is 0 Å². The number of hydrogen-bond donors (Lipinski definition) is 1. The first-order valence-electron chi connectivity index (χ1n) is 10.9. The van der Waals surface area contributed by atoms with Crippen molar-refractivity contribution in [1.82, 2.24) is 5.32 Å². The van der Waals surface area contributed by atoms with Crippen molar-refractivity contribution in [2.45, 2.75) is 64.5 Å². The van der Waals surface area contributed by atoms with E-state index >= 15 is 0 Å². The maximum Gasteiger partial charge on any atom is 0.258 e. The Labute approximate surface area is 173 Å². The van der Waals surface area contributed by atoms with Gasteiger partial charge in [-0.05, 0) is 55.0 Å². The van der Waals surface area contributed by atoms with Crippen molar-refractivity contribution in [3.8, 4) is 0 Å². The van der Waals surface area contributed by atoms with Gasteiger partial charge in [0.2, 0.25) is 5.91 Å². The molecule has 1 aliphatic heterocycles. The molecule has 4 rings (SSSR count). The van der Waals surface area contributed by atoms with Gasteiger partial charge in [-0.25, -0.2) is 0 Å². The minimum Gasteiger partial charge on any atom is -0.352 e. The summed E-state index contributed by atoms with van der Waals surface area (Å²) in [6, 6.07) is 15.8. The van der Waals surface area contributed by atoms with Crippen LogP contribution in [0, 0.1) is 5.92 Å². The highest BCUT2D eigenvalue weighted by molar-refractivity contribution is 6.07. The number of carbonyl (C=O) groups excluding carboxylic acids is 2. The molecule has 2 aromatic carbocycles. The van der Waals surface area contributed by atoms with E-state index in [2.05, 4.69) is 30.4 Å². The Balaban J connectivity index is 1.40. The third-order valence-electron chi connectivity index (χ3n) is 6.35. The number of fused-ring (bicyclic) bond motifs is 1. The summed E-state index contributed by atoms with van der Waals surface area (Å²) >= 11 is 0. The first-order valence-corrected chi connectivity index (χ1v) is 10.9. The van der Waals surface area contributed by atoms with Crippen LogP contribution in [-0.4, -0.2) is 17.9 Å². The van der Waals surface area contributed by atoms with Crippen LogP contribution in [0.1, 0.15) is 66.9 Å². The summed E-state index contributed by atoms with van der Waals surface area (Å²) in [5.41, 5.74) is 3.91. The molecular weight excluding hydrogens is 360 g/mol. The second-order valence-corrected chi connectivity index (χ2v) is 8.52. The number of amides is 2.